The van der Waals surface area contributed by atoms with Gasteiger partial charge in [0.2, 0.25) is 5.78 Å². The third-order valence-corrected chi connectivity index (χ3v) is 5.20. The van der Waals surface area contributed by atoms with E-state index in [0.29, 0.717) is 24.0 Å². The summed E-state index contributed by atoms with van der Waals surface area (Å²) in [6, 6.07) is 18.3. The molecule has 2 atom stereocenters. The van der Waals surface area contributed by atoms with Crippen molar-refractivity contribution in [2.45, 2.75) is 44.8 Å². The Balaban J connectivity index is 1.76. The molecule has 0 bridgehead atoms. The molecule has 4 nitrogen and oxygen atoms in total. The van der Waals surface area contributed by atoms with Crippen LogP contribution < -0.4 is 0 Å². The lowest BCUT2D eigenvalue weighted by Gasteiger charge is -2.52. The van der Waals surface area contributed by atoms with E-state index in [1.54, 1.807) is 12.1 Å². The van der Waals surface area contributed by atoms with E-state index >= 15 is 0 Å². The van der Waals surface area contributed by atoms with Gasteiger partial charge in [0.05, 0.1) is 0 Å². The quantitative estimate of drug-likeness (QED) is 0.538. The molecule has 0 N–H and O–H groups in total. The van der Waals surface area contributed by atoms with Crippen LogP contribution in [0.2, 0.25) is 0 Å². The van der Waals surface area contributed by atoms with Crippen molar-refractivity contribution in [3.05, 3.63) is 71.8 Å². The highest BCUT2D eigenvalue weighted by Crippen LogP contribution is 2.46. The second kappa shape index (κ2) is 7.14. The minimum absolute atomic E-state index is 0.0750. The number of carbonyl (C=O) groups is 2. The van der Waals surface area contributed by atoms with Gasteiger partial charge in [0.25, 0.3) is 0 Å². The minimum Gasteiger partial charge on any atom is -0.294 e. The first-order chi connectivity index (χ1) is 12.4. The zero-order chi connectivity index (χ0) is 18.8. The Morgan fingerprint density at radius 2 is 1.42 bits per heavy atom. The van der Waals surface area contributed by atoms with Crippen LogP contribution in [0.5, 0.6) is 0 Å². The molecule has 0 amide bonds. The molecule has 2 aromatic rings. The standard InChI is InChI=1S/C22H24O4/c1-16(19(23)17-10-6-4-7-11-17)14-15-22(21(2,3)25-26-22)20(24)18-12-8-5-9-13-18/h4-13,16H,14-15H2,1-3H3. The number of benzene rings is 2. The van der Waals surface area contributed by atoms with Crippen LogP contribution in [-0.2, 0) is 9.78 Å². The van der Waals surface area contributed by atoms with E-state index < -0.39 is 11.2 Å². The van der Waals surface area contributed by atoms with Gasteiger partial charge in [-0.3, -0.25) is 9.59 Å². The number of rotatable bonds is 7. The second-order valence-electron chi connectivity index (χ2n) is 7.37. The van der Waals surface area contributed by atoms with Gasteiger partial charge in [-0.05, 0) is 26.7 Å². The van der Waals surface area contributed by atoms with E-state index in [9.17, 15) is 9.59 Å². The maximum Gasteiger partial charge on any atom is 0.201 e. The highest BCUT2D eigenvalue weighted by Gasteiger charge is 2.63. The molecular formula is C22H24O4. The molecule has 0 aliphatic carbocycles. The number of ketones is 2. The van der Waals surface area contributed by atoms with Crippen LogP contribution in [0, 0.1) is 5.92 Å². The second-order valence-corrected chi connectivity index (χ2v) is 7.37. The van der Waals surface area contributed by atoms with Gasteiger partial charge in [-0.25, -0.2) is 9.78 Å². The topological polar surface area (TPSA) is 52.6 Å². The molecule has 1 aliphatic rings. The molecule has 136 valence electrons. The highest BCUT2D eigenvalue weighted by molar-refractivity contribution is 6.04. The van der Waals surface area contributed by atoms with E-state index in [0.717, 1.165) is 0 Å². The molecule has 3 rings (SSSR count). The zero-order valence-electron chi connectivity index (χ0n) is 15.4. The van der Waals surface area contributed by atoms with Gasteiger partial charge in [-0.15, -0.1) is 0 Å². The fourth-order valence-corrected chi connectivity index (χ4v) is 3.34. The molecule has 0 aromatic heterocycles. The monoisotopic (exact) mass is 352 g/mol. The third-order valence-electron chi connectivity index (χ3n) is 5.20. The number of hydrogen-bond donors (Lipinski definition) is 0. The number of carbonyl (C=O) groups excluding carboxylic acids is 2. The van der Waals surface area contributed by atoms with Crippen LogP contribution in [0.15, 0.2) is 60.7 Å². The Morgan fingerprint density at radius 1 is 0.885 bits per heavy atom. The van der Waals surface area contributed by atoms with Crippen molar-refractivity contribution in [1.29, 1.82) is 0 Å². The van der Waals surface area contributed by atoms with E-state index in [-0.39, 0.29) is 17.5 Å². The molecule has 1 saturated heterocycles. The van der Waals surface area contributed by atoms with E-state index in [1.807, 2.05) is 69.3 Å². The summed E-state index contributed by atoms with van der Waals surface area (Å²) in [5, 5.41) is 0. The molecule has 1 fully saturated rings. The molecular weight excluding hydrogens is 328 g/mol. The van der Waals surface area contributed by atoms with Crippen LogP contribution in [0.25, 0.3) is 0 Å². The van der Waals surface area contributed by atoms with Crippen molar-refractivity contribution >= 4 is 11.6 Å². The first kappa shape index (κ1) is 18.5. The minimum atomic E-state index is -1.07. The average Bonchev–Trinajstić information content (AvgIpc) is 2.67. The molecule has 2 aromatic carbocycles. The van der Waals surface area contributed by atoms with Gasteiger partial charge in [-0.2, -0.15) is 0 Å². The molecule has 0 radical (unpaired) electrons. The molecule has 1 heterocycles. The Hall–Kier alpha value is -2.30. The first-order valence-electron chi connectivity index (χ1n) is 8.93. The fraction of sp³-hybridized carbons (Fsp3) is 0.364. The molecule has 1 aliphatic heterocycles. The van der Waals surface area contributed by atoms with E-state index in [2.05, 4.69) is 0 Å². The van der Waals surface area contributed by atoms with Crippen LogP contribution >= 0.6 is 0 Å². The largest absolute Gasteiger partial charge is 0.294 e. The van der Waals surface area contributed by atoms with Crippen LogP contribution in [0.3, 0.4) is 0 Å². The lowest BCUT2D eigenvalue weighted by Crippen LogP contribution is -2.68. The van der Waals surface area contributed by atoms with Crippen LogP contribution in [0.4, 0.5) is 0 Å². The summed E-state index contributed by atoms with van der Waals surface area (Å²) in [5.74, 6) is -0.238. The molecule has 4 heteroatoms. The zero-order valence-corrected chi connectivity index (χ0v) is 15.4. The van der Waals surface area contributed by atoms with Gasteiger partial charge in [0, 0.05) is 17.0 Å². The Kier molecular flexibility index (Phi) is 5.08. The Bertz CT molecular complexity index is 782. The Labute approximate surface area is 154 Å². The van der Waals surface area contributed by atoms with Crippen molar-refractivity contribution in [1.82, 2.24) is 0 Å². The number of Topliss-reactive ketones (excluding diaryl/α,β-unsaturated/α-hetero) is 2. The van der Waals surface area contributed by atoms with Crippen LogP contribution in [-0.4, -0.2) is 22.8 Å². The molecule has 2 unspecified atom stereocenters. The van der Waals surface area contributed by atoms with Gasteiger partial charge >= 0.3 is 0 Å². The van der Waals surface area contributed by atoms with Gasteiger partial charge in [-0.1, -0.05) is 67.6 Å². The van der Waals surface area contributed by atoms with Gasteiger partial charge < -0.3 is 0 Å². The maximum absolute atomic E-state index is 13.1. The normalized spacial score (nSPS) is 22.3. The van der Waals surface area contributed by atoms with Gasteiger partial charge in [0.15, 0.2) is 11.4 Å². The van der Waals surface area contributed by atoms with Gasteiger partial charge in [0.1, 0.15) is 5.60 Å². The summed E-state index contributed by atoms with van der Waals surface area (Å²) in [6.45, 7) is 5.59. The van der Waals surface area contributed by atoms with Crippen molar-refractivity contribution in [3.8, 4) is 0 Å². The molecule has 26 heavy (non-hydrogen) atoms. The molecule has 0 spiro atoms. The third kappa shape index (κ3) is 3.22. The summed E-state index contributed by atoms with van der Waals surface area (Å²) in [5.41, 5.74) is -0.533. The lowest BCUT2D eigenvalue weighted by atomic mass is 9.73. The fourth-order valence-electron chi connectivity index (χ4n) is 3.34. The summed E-state index contributed by atoms with van der Waals surface area (Å²) in [7, 11) is 0. The first-order valence-corrected chi connectivity index (χ1v) is 8.93. The average molecular weight is 352 g/mol. The van der Waals surface area contributed by atoms with Crippen molar-refractivity contribution in [2.24, 2.45) is 5.92 Å². The van der Waals surface area contributed by atoms with E-state index in [4.69, 9.17) is 9.78 Å². The van der Waals surface area contributed by atoms with Crippen LogP contribution in [0.1, 0.15) is 54.3 Å². The summed E-state index contributed by atoms with van der Waals surface area (Å²) in [6.07, 6.45) is 0.965. The van der Waals surface area contributed by atoms with Crippen molar-refractivity contribution in [2.75, 3.05) is 0 Å². The summed E-state index contributed by atoms with van der Waals surface area (Å²) >= 11 is 0. The number of hydrogen-bond acceptors (Lipinski definition) is 4. The lowest BCUT2D eigenvalue weighted by molar-refractivity contribution is -0.527. The van der Waals surface area contributed by atoms with E-state index in [1.165, 1.54) is 0 Å². The Morgan fingerprint density at radius 3 is 1.88 bits per heavy atom. The predicted octanol–water partition coefficient (Wildman–Crippen LogP) is 4.65. The molecule has 0 saturated carbocycles. The smallest absolute Gasteiger partial charge is 0.201 e. The van der Waals surface area contributed by atoms with Crippen molar-refractivity contribution in [3.63, 3.8) is 0 Å². The maximum atomic E-state index is 13.1. The highest BCUT2D eigenvalue weighted by atomic mass is 17.3. The SMILES string of the molecule is CC(CCC1(C(=O)c2ccccc2)OOC1(C)C)C(=O)c1ccccc1. The predicted molar refractivity (Wildman–Crippen MR) is 98.9 cm³/mol. The summed E-state index contributed by atoms with van der Waals surface area (Å²) in [4.78, 5) is 36.4. The van der Waals surface area contributed by atoms with Crippen molar-refractivity contribution < 1.29 is 19.4 Å². The summed E-state index contributed by atoms with van der Waals surface area (Å²) < 4.78 is 0.